The van der Waals surface area contributed by atoms with Gasteiger partial charge in [0, 0.05) is 34.0 Å². The highest BCUT2D eigenvalue weighted by molar-refractivity contribution is 14.0. The molecule has 2 aromatic heterocycles. The lowest BCUT2D eigenvalue weighted by atomic mass is 9.98. The Labute approximate surface area is 191 Å². The molecule has 5 nitrogen and oxygen atoms in total. The molecule has 0 saturated carbocycles. The molecule has 2 heterocycles. The van der Waals surface area contributed by atoms with Gasteiger partial charge >= 0.3 is 0 Å². The molecule has 0 radical (unpaired) electrons. The van der Waals surface area contributed by atoms with Crippen molar-refractivity contribution in [3.8, 4) is 0 Å². The summed E-state index contributed by atoms with van der Waals surface area (Å²) < 4.78 is 1.19. The van der Waals surface area contributed by atoms with E-state index in [1.165, 1.54) is 4.70 Å². The average molecular weight is 531 g/mol. The van der Waals surface area contributed by atoms with Crippen LogP contribution >= 0.6 is 46.7 Å². The van der Waals surface area contributed by atoms with Crippen LogP contribution in [-0.2, 0) is 12.0 Å². The van der Waals surface area contributed by atoms with E-state index in [2.05, 4.69) is 58.9 Å². The van der Waals surface area contributed by atoms with Crippen molar-refractivity contribution in [1.82, 2.24) is 15.6 Å². The number of aromatic nitrogens is 1. The summed E-state index contributed by atoms with van der Waals surface area (Å²) in [5.74, 6) is 0.653. The molecule has 1 atom stereocenters. The van der Waals surface area contributed by atoms with Gasteiger partial charge in [0.15, 0.2) is 5.96 Å². The van der Waals surface area contributed by atoms with Crippen molar-refractivity contribution in [3.05, 3.63) is 51.3 Å². The number of benzene rings is 1. The molecule has 0 aliphatic heterocycles. The van der Waals surface area contributed by atoms with E-state index in [1.54, 1.807) is 29.7 Å². The number of thiophene rings is 1. The van der Waals surface area contributed by atoms with Crippen LogP contribution < -0.4 is 10.6 Å². The second-order valence-corrected chi connectivity index (χ2v) is 9.38. The Morgan fingerprint density at radius 2 is 2.00 bits per heavy atom. The van der Waals surface area contributed by atoms with E-state index in [1.807, 2.05) is 18.2 Å². The van der Waals surface area contributed by atoms with E-state index in [-0.39, 0.29) is 29.4 Å². The normalized spacial score (nSPS) is 13.2. The largest absolute Gasteiger partial charge is 0.386 e. The number of aliphatic imine (C=N–C) groups is 1. The topological polar surface area (TPSA) is 69.5 Å². The fourth-order valence-electron chi connectivity index (χ4n) is 2.59. The molecular formula is C20H27IN4OS2. The minimum absolute atomic E-state index is 0. The van der Waals surface area contributed by atoms with E-state index >= 15 is 0 Å². The fraction of sp³-hybridized carbons (Fsp3) is 0.400. The second kappa shape index (κ2) is 10.00. The molecule has 0 spiro atoms. The quantitative estimate of drug-likeness (QED) is 0.255. The van der Waals surface area contributed by atoms with Crippen LogP contribution in [0.25, 0.3) is 10.1 Å². The SMILES string of the molecule is CN=C(NCc1csc(C(C)(C)C)n1)NCC(O)c1cc2ccccc2s1.I. The van der Waals surface area contributed by atoms with Crippen molar-refractivity contribution in [3.63, 3.8) is 0 Å². The van der Waals surface area contributed by atoms with E-state index in [0.29, 0.717) is 19.0 Å². The van der Waals surface area contributed by atoms with E-state index in [4.69, 9.17) is 0 Å². The van der Waals surface area contributed by atoms with Gasteiger partial charge in [0.1, 0.15) is 6.10 Å². The standard InChI is InChI=1S/C20H26N4OS2.HI/c1-20(2,3)18-24-14(12-26-18)10-22-19(21-4)23-11-15(25)17-9-13-7-5-6-8-16(13)27-17;/h5-9,12,15,25H,10-11H2,1-4H3,(H2,21,22,23);1H. The molecular weight excluding hydrogens is 503 g/mol. The maximum atomic E-state index is 10.5. The van der Waals surface area contributed by atoms with Gasteiger partial charge in [0.05, 0.1) is 17.2 Å². The van der Waals surface area contributed by atoms with Crippen LogP contribution in [0.3, 0.4) is 0 Å². The van der Waals surface area contributed by atoms with Gasteiger partial charge in [0.2, 0.25) is 0 Å². The molecule has 3 N–H and O–H groups in total. The van der Waals surface area contributed by atoms with Gasteiger partial charge in [-0.15, -0.1) is 46.7 Å². The van der Waals surface area contributed by atoms with Crippen LogP contribution in [0.2, 0.25) is 0 Å². The predicted octanol–water partition coefficient (Wildman–Crippen LogP) is 4.67. The summed E-state index contributed by atoms with van der Waals surface area (Å²) in [6, 6.07) is 10.2. The maximum Gasteiger partial charge on any atom is 0.191 e. The number of nitrogens with one attached hydrogen (secondary N) is 2. The molecule has 152 valence electrons. The summed E-state index contributed by atoms with van der Waals surface area (Å²) >= 11 is 3.30. The Balaban J connectivity index is 0.00000280. The first-order chi connectivity index (χ1) is 12.9. The number of rotatable bonds is 5. The Bertz CT molecular complexity index is 897. The van der Waals surface area contributed by atoms with Crippen LogP contribution in [0.4, 0.5) is 0 Å². The molecule has 28 heavy (non-hydrogen) atoms. The number of halogens is 1. The number of hydrogen-bond acceptors (Lipinski definition) is 5. The molecule has 8 heteroatoms. The first kappa shape index (κ1) is 23.1. The lowest BCUT2D eigenvalue weighted by Crippen LogP contribution is -2.39. The predicted molar refractivity (Wildman–Crippen MR) is 131 cm³/mol. The summed E-state index contributed by atoms with van der Waals surface area (Å²) in [4.78, 5) is 9.86. The molecule has 0 aliphatic carbocycles. The molecule has 1 aromatic carbocycles. The Kier molecular flexibility index (Phi) is 8.23. The van der Waals surface area contributed by atoms with Crippen LogP contribution in [-0.4, -0.2) is 29.6 Å². The molecule has 0 saturated heterocycles. The lowest BCUT2D eigenvalue weighted by molar-refractivity contribution is 0.184. The molecule has 0 bridgehead atoms. The van der Waals surface area contributed by atoms with Gasteiger partial charge in [-0.3, -0.25) is 4.99 Å². The van der Waals surface area contributed by atoms with E-state index < -0.39 is 6.10 Å². The van der Waals surface area contributed by atoms with Gasteiger partial charge in [-0.2, -0.15) is 0 Å². The smallest absolute Gasteiger partial charge is 0.191 e. The zero-order valence-corrected chi connectivity index (χ0v) is 20.5. The highest BCUT2D eigenvalue weighted by atomic mass is 127. The number of nitrogens with zero attached hydrogens (tertiary/aromatic N) is 2. The molecule has 1 unspecified atom stereocenters. The van der Waals surface area contributed by atoms with Gasteiger partial charge in [-0.1, -0.05) is 39.0 Å². The van der Waals surface area contributed by atoms with Crippen molar-refractivity contribution in [2.24, 2.45) is 4.99 Å². The lowest BCUT2D eigenvalue weighted by Gasteiger charge is -2.15. The first-order valence-corrected chi connectivity index (χ1v) is 10.6. The number of fused-ring (bicyclic) bond motifs is 1. The average Bonchev–Trinajstić information content (AvgIpc) is 3.28. The first-order valence-electron chi connectivity index (χ1n) is 8.93. The monoisotopic (exact) mass is 530 g/mol. The highest BCUT2D eigenvalue weighted by Gasteiger charge is 2.18. The molecule has 3 rings (SSSR count). The highest BCUT2D eigenvalue weighted by Crippen LogP contribution is 2.29. The number of aliphatic hydroxyl groups excluding tert-OH is 1. The third-order valence-electron chi connectivity index (χ3n) is 4.09. The van der Waals surface area contributed by atoms with Crippen LogP contribution in [0.15, 0.2) is 40.7 Å². The van der Waals surface area contributed by atoms with Crippen molar-refractivity contribution >= 4 is 62.7 Å². The van der Waals surface area contributed by atoms with Gasteiger partial charge < -0.3 is 15.7 Å². The Hall–Kier alpha value is -1.23. The zero-order chi connectivity index (χ0) is 19.4. The van der Waals surface area contributed by atoms with Gasteiger partial charge in [-0.05, 0) is 17.5 Å². The maximum absolute atomic E-state index is 10.5. The minimum Gasteiger partial charge on any atom is -0.386 e. The van der Waals surface area contributed by atoms with Crippen LogP contribution in [0.5, 0.6) is 0 Å². The Morgan fingerprint density at radius 1 is 1.25 bits per heavy atom. The zero-order valence-electron chi connectivity index (χ0n) is 16.5. The van der Waals surface area contributed by atoms with Gasteiger partial charge in [-0.25, -0.2) is 4.98 Å². The van der Waals surface area contributed by atoms with Crippen LogP contribution in [0, 0.1) is 0 Å². The molecule has 0 fully saturated rings. The summed E-state index contributed by atoms with van der Waals surface area (Å²) in [6.07, 6.45) is -0.576. The Morgan fingerprint density at radius 3 is 2.64 bits per heavy atom. The van der Waals surface area contributed by atoms with E-state index in [9.17, 15) is 5.11 Å². The summed E-state index contributed by atoms with van der Waals surface area (Å²) in [6.45, 7) is 7.50. The van der Waals surface area contributed by atoms with Crippen molar-refractivity contribution in [2.75, 3.05) is 13.6 Å². The number of aliphatic hydroxyl groups is 1. The summed E-state index contributed by atoms with van der Waals surface area (Å²) in [5, 5.41) is 21.3. The molecule has 3 aromatic rings. The number of guanidine groups is 1. The van der Waals surface area contributed by atoms with Crippen LogP contribution in [0.1, 0.15) is 42.5 Å². The molecule has 0 aliphatic rings. The van der Waals surface area contributed by atoms with E-state index in [0.717, 1.165) is 21.0 Å². The number of hydrogen-bond donors (Lipinski definition) is 3. The second-order valence-electron chi connectivity index (χ2n) is 7.40. The van der Waals surface area contributed by atoms with Gasteiger partial charge in [0.25, 0.3) is 0 Å². The third-order valence-corrected chi connectivity index (χ3v) is 6.62. The fourth-order valence-corrected chi connectivity index (χ4v) is 4.55. The minimum atomic E-state index is -0.576. The number of thiazole rings is 1. The van der Waals surface area contributed by atoms with Crippen molar-refractivity contribution < 1.29 is 5.11 Å². The van der Waals surface area contributed by atoms with Crippen molar-refractivity contribution in [1.29, 1.82) is 0 Å². The summed E-state index contributed by atoms with van der Waals surface area (Å²) in [7, 11) is 1.72. The van der Waals surface area contributed by atoms with Crippen molar-refractivity contribution in [2.45, 2.75) is 38.8 Å². The molecule has 0 amide bonds. The summed E-state index contributed by atoms with van der Waals surface area (Å²) in [5.41, 5.74) is 1.06. The third kappa shape index (κ3) is 5.88.